The van der Waals surface area contributed by atoms with Gasteiger partial charge in [0.2, 0.25) is 0 Å². The van der Waals surface area contributed by atoms with E-state index in [4.69, 9.17) is 9.84 Å². The second-order valence-electron chi connectivity index (χ2n) is 10.5. The van der Waals surface area contributed by atoms with Crippen molar-refractivity contribution in [2.45, 2.75) is 72.8 Å². The van der Waals surface area contributed by atoms with Gasteiger partial charge >= 0.3 is 5.97 Å². The third-order valence-electron chi connectivity index (χ3n) is 7.06. The fourth-order valence-corrected chi connectivity index (χ4v) is 4.44. The Hall–Kier alpha value is -2.86. The van der Waals surface area contributed by atoms with E-state index in [0.29, 0.717) is 5.56 Å². The van der Waals surface area contributed by atoms with E-state index < -0.39 is 12.1 Å². The fraction of sp³-hybridized carbons (Fsp3) is 0.517. The van der Waals surface area contributed by atoms with Crippen molar-refractivity contribution in [2.24, 2.45) is 5.41 Å². The Morgan fingerprint density at radius 1 is 0.971 bits per heavy atom. The summed E-state index contributed by atoms with van der Waals surface area (Å²) in [4.78, 5) is 25.0. The van der Waals surface area contributed by atoms with E-state index in [9.17, 15) is 14.7 Å². The molecule has 0 heterocycles. The fourth-order valence-electron chi connectivity index (χ4n) is 4.44. The third-order valence-corrected chi connectivity index (χ3v) is 7.06. The van der Waals surface area contributed by atoms with E-state index in [1.165, 1.54) is 17.5 Å². The first-order valence-electron chi connectivity index (χ1n) is 12.3. The third kappa shape index (κ3) is 6.43. The quantitative estimate of drug-likeness (QED) is 0.476. The van der Waals surface area contributed by atoms with Crippen LogP contribution in [0.5, 0.6) is 5.75 Å². The van der Waals surface area contributed by atoms with Gasteiger partial charge < -0.3 is 19.8 Å². The molecule has 6 heteroatoms. The van der Waals surface area contributed by atoms with Gasteiger partial charge in [-0.25, -0.2) is 0 Å². The molecule has 0 spiro atoms. The van der Waals surface area contributed by atoms with Crippen LogP contribution in [-0.4, -0.2) is 53.3 Å². The summed E-state index contributed by atoms with van der Waals surface area (Å²) in [6, 6.07) is 12.1. The van der Waals surface area contributed by atoms with E-state index in [1.54, 1.807) is 0 Å². The summed E-state index contributed by atoms with van der Waals surface area (Å²) in [5.41, 5.74) is 4.14. The average Bonchev–Trinajstić information content (AvgIpc) is 2.78. The summed E-state index contributed by atoms with van der Waals surface area (Å²) >= 11 is 0. The maximum Gasteiger partial charge on any atom is 0.323 e. The number of carbonyl (C=O) groups is 2. The SMILES string of the molecule is CCC(CC)(c1ccc(OC[C@H](O)C(C)(C)C)c(C)c1)c1ccc(C(=O)N(C)CC(=O)O)c(C)c1. The summed E-state index contributed by atoms with van der Waals surface area (Å²) in [5.74, 6) is -0.580. The first kappa shape index (κ1) is 28.4. The number of carbonyl (C=O) groups excluding carboxylic acids is 1. The Morgan fingerprint density at radius 3 is 1.97 bits per heavy atom. The van der Waals surface area contributed by atoms with Crippen LogP contribution in [0.3, 0.4) is 0 Å². The molecule has 0 aliphatic carbocycles. The van der Waals surface area contributed by atoms with Gasteiger partial charge in [0.1, 0.15) is 18.9 Å². The molecular formula is C29H41NO5. The van der Waals surface area contributed by atoms with Gasteiger partial charge in [-0.15, -0.1) is 0 Å². The number of amides is 1. The lowest BCUT2D eigenvalue weighted by Crippen LogP contribution is -2.32. The van der Waals surface area contributed by atoms with E-state index in [0.717, 1.165) is 35.3 Å². The van der Waals surface area contributed by atoms with Gasteiger partial charge in [0, 0.05) is 18.0 Å². The molecule has 6 nitrogen and oxygen atoms in total. The zero-order chi connectivity index (χ0) is 26.6. The van der Waals surface area contributed by atoms with Gasteiger partial charge in [-0.05, 0) is 66.5 Å². The van der Waals surface area contributed by atoms with Crippen LogP contribution in [0.4, 0.5) is 0 Å². The van der Waals surface area contributed by atoms with Gasteiger partial charge in [-0.2, -0.15) is 0 Å². The Balaban J connectivity index is 2.38. The lowest BCUT2D eigenvalue weighted by molar-refractivity contribution is -0.137. The highest BCUT2D eigenvalue weighted by Crippen LogP contribution is 2.41. The molecule has 2 N–H and O–H groups in total. The highest BCUT2D eigenvalue weighted by Gasteiger charge is 2.32. The molecule has 35 heavy (non-hydrogen) atoms. The zero-order valence-electron chi connectivity index (χ0n) is 22.4. The molecule has 2 rings (SSSR count). The van der Waals surface area contributed by atoms with Crippen molar-refractivity contribution in [3.05, 3.63) is 64.2 Å². The summed E-state index contributed by atoms with van der Waals surface area (Å²) < 4.78 is 5.94. The zero-order valence-corrected chi connectivity index (χ0v) is 22.4. The number of ether oxygens (including phenoxy) is 1. The second kappa shape index (κ2) is 11.3. The van der Waals surface area contributed by atoms with Gasteiger partial charge in [0.05, 0.1) is 6.10 Å². The maximum atomic E-state index is 12.8. The molecule has 0 fully saturated rings. The lowest BCUT2D eigenvalue weighted by atomic mass is 9.70. The molecule has 0 aliphatic rings. The average molecular weight is 484 g/mol. The van der Waals surface area contributed by atoms with Crippen molar-refractivity contribution in [1.82, 2.24) is 4.90 Å². The number of aliphatic carboxylic acids is 1. The van der Waals surface area contributed by atoms with Gasteiger partial charge in [-0.3, -0.25) is 9.59 Å². The maximum absolute atomic E-state index is 12.8. The monoisotopic (exact) mass is 483 g/mol. The number of rotatable bonds is 10. The minimum atomic E-state index is -1.04. The van der Waals surface area contributed by atoms with Gasteiger partial charge in [-0.1, -0.05) is 58.9 Å². The Bertz CT molecular complexity index is 1050. The minimum Gasteiger partial charge on any atom is -0.491 e. The predicted octanol–water partition coefficient (Wildman–Crippen LogP) is 5.35. The number of hydrogen-bond acceptors (Lipinski definition) is 4. The molecular weight excluding hydrogens is 442 g/mol. The Kier molecular flexibility index (Phi) is 9.12. The van der Waals surface area contributed by atoms with Crippen LogP contribution < -0.4 is 4.74 Å². The van der Waals surface area contributed by atoms with Crippen LogP contribution in [0.2, 0.25) is 0 Å². The van der Waals surface area contributed by atoms with Crippen LogP contribution in [-0.2, 0) is 10.2 Å². The number of likely N-dealkylation sites (N-methyl/N-ethyl adjacent to an activating group) is 1. The van der Waals surface area contributed by atoms with Gasteiger partial charge in [0.15, 0.2) is 0 Å². The number of aliphatic hydroxyl groups excluding tert-OH is 1. The van der Waals surface area contributed by atoms with Crippen molar-refractivity contribution in [1.29, 1.82) is 0 Å². The van der Waals surface area contributed by atoms with Crippen molar-refractivity contribution in [3.63, 3.8) is 0 Å². The number of hydrogen-bond donors (Lipinski definition) is 2. The van der Waals surface area contributed by atoms with Crippen molar-refractivity contribution < 1.29 is 24.5 Å². The van der Waals surface area contributed by atoms with E-state index >= 15 is 0 Å². The molecule has 0 unspecified atom stereocenters. The second-order valence-corrected chi connectivity index (χ2v) is 10.5. The van der Waals surface area contributed by atoms with Crippen molar-refractivity contribution in [3.8, 4) is 5.75 Å². The number of carboxylic acids is 1. The van der Waals surface area contributed by atoms with E-state index in [1.807, 2.05) is 58.9 Å². The highest BCUT2D eigenvalue weighted by molar-refractivity contribution is 5.97. The standard InChI is InChI=1S/C29H41NO5/c1-9-29(10-2,21-11-13-23(19(3)15-21)27(34)30(8)17-26(32)33)22-12-14-24(20(4)16-22)35-18-25(31)28(5,6)7/h11-16,25,31H,9-10,17-18H2,1-8H3,(H,32,33)/t25-/m0/s1. The molecule has 0 aliphatic heterocycles. The smallest absolute Gasteiger partial charge is 0.323 e. The number of aliphatic hydroxyl groups is 1. The highest BCUT2D eigenvalue weighted by atomic mass is 16.5. The first-order chi connectivity index (χ1) is 16.3. The Labute approximate surface area is 209 Å². The molecule has 2 aromatic rings. The molecule has 0 saturated carbocycles. The van der Waals surface area contributed by atoms with Crippen LogP contribution in [0, 0.1) is 19.3 Å². The lowest BCUT2D eigenvalue weighted by Gasteiger charge is -2.34. The van der Waals surface area contributed by atoms with Crippen LogP contribution in [0.15, 0.2) is 36.4 Å². The van der Waals surface area contributed by atoms with Crippen molar-refractivity contribution in [2.75, 3.05) is 20.2 Å². The number of nitrogens with zero attached hydrogens (tertiary/aromatic N) is 1. The molecule has 0 saturated heterocycles. The Morgan fingerprint density at radius 2 is 1.51 bits per heavy atom. The molecule has 1 atom stereocenters. The number of benzene rings is 2. The van der Waals surface area contributed by atoms with Gasteiger partial charge in [0.25, 0.3) is 5.91 Å². The van der Waals surface area contributed by atoms with E-state index in [2.05, 4.69) is 26.0 Å². The van der Waals surface area contributed by atoms with Crippen LogP contribution in [0.25, 0.3) is 0 Å². The van der Waals surface area contributed by atoms with Crippen molar-refractivity contribution >= 4 is 11.9 Å². The largest absolute Gasteiger partial charge is 0.491 e. The summed E-state index contributed by atoms with van der Waals surface area (Å²) in [5, 5.41) is 19.3. The topological polar surface area (TPSA) is 87.1 Å². The summed E-state index contributed by atoms with van der Waals surface area (Å²) in [6.07, 6.45) is 1.18. The molecule has 0 radical (unpaired) electrons. The molecule has 0 aromatic heterocycles. The molecule has 0 bridgehead atoms. The van der Waals surface area contributed by atoms with Crippen LogP contribution >= 0.6 is 0 Å². The summed E-state index contributed by atoms with van der Waals surface area (Å²) in [6.45, 7) is 14.1. The molecule has 192 valence electrons. The van der Waals surface area contributed by atoms with E-state index in [-0.39, 0.29) is 29.9 Å². The van der Waals surface area contributed by atoms with Crippen LogP contribution in [0.1, 0.15) is 80.1 Å². The molecule has 2 aromatic carbocycles. The minimum absolute atomic E-state index is 0.237. The number of aryl methyl sites for hydroxylation is 2. The normalized spacial score (nSPS) is 12.8. The molecule has 1 amide bonds. The first-order valence-corrected chi connectivity index (χ1v) is 12.3. The number of carboxylic acid groups (broad SMARTS) is 1. The predicted molar refractivity (Wildman–Crippen MR) is 139 cm³/mol. The summed E-state index contributed by atoms with van der Waals surface area (Å²) in [7, 11) is 1.50.